The molecule has 0 atom stereocenters. The molecule has 0 spiro atoms. The summed E-state index contributed by atoms with van der Waals surface area (Å²) in [6, 6.07) is 165. The standard InChI is InChI=1S/2C42H25N3O.C42H25N3S/c1-2-11-26(12-3-1)43-33-16-6-4-13-28(33)32-25-27(21-23-34(32)43)44-35-17-7-8-18-36(35)45-37-24-22-30-29-14-5-9-20-39(29)46-42(30)40(37)31-15-10-19-38(44)41(31)45;2*1-2-11-26(12-3-1)43-32-16-6-4-13-28(32)31-25-27(21-22-33(31)43)44-34-17-7-8-18-35(34)45-36-23-24-39-41(29-14-5-9-20-38(29)46-39)40(36)30-15-10-19-37(44)42(30)45/h3*1-25H. The Balaban J connectivity index is 0.0000000959. The molecule has 0 fully saturated rings. The van der Waals surface area contributed by atoms with Gasteiger partial charge in [-0.2, -0.15) is 0 Å². The molecule has 33 rings (SSSR count). The lowest BCUT2D eigenvalue weighted by atomic mass is 10.0. The largest absolute Gasteiger partial charge is 0.456 e. The molecule has 11 nitrogen and oxygen atoms in total. The first-order valence-corrected chi connectivity index (χ1v) is 47.9. The van der Waals surface area contributed by atoms with E-state index in [1.54, 1.807) is 0 Å². The maximum Gasteiger partial charge on any atom is 0.145 e. The minimum atomic E-state index is 0.918. The molecule has 642 valence electrons. The van der Waals surface area contributed by atoms with Crippen LogP contribution < -0.4 is 14.7 Å². The van der Waals surface area contributed by atoms with E-state index in [2.05, 4.69) is 485 Å². The molecule has 30 aromatic rings. The Morgan fingerprint density at radius 1 is 0.152 bits per heavy atom. The lowest BCUT2D eigenvalue weighted by Gasteiger charge is -2.33. The lowest BCUT2D eigenvalue weighted by molar-refractivity contribution is 0.669. The van der Waals surface area contributed by atoms with E-state index in [0.29, 0.717) is 0 Å². The summed E-state index contributed by atoms with van der Waals surface area (Å²) < 4.78 is 30.1. The van der Waals surface area contributed by atoms with E-state index in [0.717, 1.165) is 101 Å². The third-order valence-corrected chi connectivity index (χ3v) is 30.5. The number of rotatable bonds is 6. The second kappa shape index (κ2) is 28.6. The van der Waals surface area contributed by atoms with Gasteiger partial charge < -0.3 is 50.9 Å². The summed E-state index contributed by atoms with van der Waals surface area (Å²) in [5.74, 6) is 0. The molecular weight excluding hydrogens is 1700 g/mol. The molecule has 21 aromatic carbocycles. The molecular formula is C126H75N9O2S. The highest BCUT2D eigenvalue weighted by atomic mass is 32.1. The molecule has 9 aromatic heterocycles. The Labute approximate surface area is 791 Å². The quantitative estimate of drug-likeness (QED) is 0.166. The normalized spacial score (nSPS) is 12.7. The highest BCUT2D eigenvalue weighted by molar-refractivity contribution is 7.26. The van der Waals surface area contributed by atoms with Gasteiger partial charge in [-0.05, 0) is 218 Å². The molecule has 12 heteroatoms. The highest BCUT2D eigenvalue weighted by Gasteiger charge is 2.36. The van der Waals surface area contributed by atoms with Crippen LogP contribution in [0.25, 0.3) is 229 Å². The van der Waals surface area contributed by atoms with Gasteiger partial charge in [0.25, 0.3) is 0 Å². The van der Waals surface area contributed by atoms with Gasteiger partial charge in [-0.15, -0.1) is 11.3 Å². The first-order chi connectivity index (χ1) is 68.5. The van der Waals surface area contributed by atoms with E-state index in [1.165, 1.54) is 180 Å². The molecule has 3 aliphatic heterocycles. The van der Waals surface area contributed by atoms with Gasteiger partial charge in [0, 0.05) is 135 Å². The Morgan fingerprint density at radius 3 is 0.942 bits per heavy atom. The van der Waals surface area contributed by atoms with Crippen molar-refractivity contribution in [3.8, 4) is 34.1 Å². The van der Waals surface area contributed by atoms with Crippen LogP contribution in [-0.4, -0.2) is 27.4 Å². The van der Waals surface area contributed by atoms with Crippen molar-refractivity contribution in [3.05, 3.63) is 455 Å². The Morgan fingerprint density at radius 2 is 0.478 bits per heavy atom. The fraction of sp³-hybridized carbons (Fsp3) is 0. The zero-order valence-corrected chi connectivity index (χ0v) is 74.9. The number of aromatic nitrogens is 6. The van der Waals surface area contributed by atoms with E-state index in [9.17, 15) is 0 Å². The number of hydrogen-bond acceptors (Lipinski definition) is 6. The summed E-state index contributed by atoms with van der Waals surface area (Å²) in [7, 11) is 0. The van der Waals surface area contributed by atoms with Gasteiger partial charge in [0.15, 0.2) is 0 Å². The molecule has 0 N–H and O–H groups in total. The number of anilines is 9. The molecule has 0 saturated carbocycles. The topological polar surface area (TPSA) is 65.6 Å². The first kappa shape index (κ1) is 75.2. The van der Waals surface area contributed by atoms with Crippen molar-refractivity contribution < 1.29 is 8.83 Å². The summed E-state index contributed by atoms with van der Waals surface area (Å²) in [6.45, 7) is 0. The monoisotopic (exact) mass is 1780 g/mol. The van der Waals surface area contributed by atoms with E-state index >= 15 is 0 Å². The SMILES string of the molecule is c1ccc(-n2c3ccccc3c3cc(N4c5ccccc5-n5c6ccc7c8ccccc8oc7c6c6cccc4c65)ccc32)cc1.c1ccc(-n2c3ccccc3c3cc(N4c5ccccc5-n5c6ccc7oc8ccccc8c7c6c6cccc4c65)ccc32)cc1.c1ccc(-n2c3ccccc3c3cc(N4c5ccccc5-n5c6ccc7sc8ccccc8c7c6c6cccc4c65)ccc32)cc1. The maximum absolute atomic E-state index is 6.59. The van der Waals surface area contributed by atoms with Crippen LogP contribution >= 0.6 is 11.3 Å². The van der Waals surface area contributed by atoms with Crippen LogP contribution in [0.15, 0.2) is 464 Å². The third-order valence-electron chi connectivity index (χ3n) is 29.4. The number of para-hydroxylation sites is 17. The molecule has 0 radical (unpaired) electrons. The van der Waals surface area contributed by atoms with Gasteiger partial charge in [0.05, 0.1) is 123 Å². The van der Waals surface area contributed by atoms with Crippen molar-refractivity contribution >= 4 is 257 Å². The third kappa shape index (κ3) is 10.4. The summed E-state index contributed by atoms with van der Waals surface area (Å²) in [5.41, 5.74) is 35.6. The average Bonchev–Trinajstić information content (AvgIpc) is 1.53. The Hall–Kier alpha value is -18.4. The number of thiophene rings is 1. The van der Waals surface area contributed by atoms with Gasteiger partial charge in [-0.25, -0.2) is 0 Å². The number of hydrogen-bond donors (Lipinski definition) is 0. The van der Waals surface area contributed by atoms with E-state index in [1.807, 2.05) is 23.5 Å². The number of fused-ring (bicyclic) bond motifs is 36. The van der Waals surface area contributed by atoms with Crippen LogP contribution in [0.2, 0.25) is 0 Å². The van der Waals surface area contributed by atoms with E-state index in [4.69, 9.17) is 8.83 Å². The number of furan rings is 2. The molecule has 0 saturated heterocycles. The summed E-state index contributed by atoms with van der Waals surface area (Å²) in [4.78, 5) is 7.34. The fourth-order valence-electron chi connectivity index (χ4n) is 23.9. The van der Waals surface area contributed by atoms with Crippen molar-refractivity contribution in [3.63, 3.8) is 0 Å². The molecule has 3 aliphatic rings. The molecule has 0 bridgehead atoms. The van der Waals surface area contributed by atoms with Gasteiger partial charge in [0.2, 0.25) is 0 Å². The van der Waals surface area contributed by atoms with E-state index < -0.39 is 0 Å². The van der Waals surface area contributed by atoms with Gasteiger partial charge in [-0.1, -0.05) is 237 Å². The summed E-state index contributed by atoms with van der Waals surface area (Å²) >= 11 is 1.89. The van der Waals surface area contributed by atoms with Crippen LogP contribution in [0.4, 0.5) is 51.2 Å². The van der Waals surface area contributed by atoms with Crippen LogP contribution in [0.5, 0.6) is 0 Å². The smallest absolute Gasteiger partial charge is 0.145 e. The molecule has 138 heavy (non-hydrogen) atoms. The number of benzene rings is 21. The number of nitrogens with zero attached hydrogens (tertiary/aromatic N) is 9. The van der Waals surface area contributed by atoms with E-state index in [-0.39, 0.29) is 0 Å². The second-order valence-corrected chi connectivity index (χ2v) is 37.5. The van der Waals surface area contributed by atoms with Crippen molar-refractivity contribution in [1.29, 1.82) is 0 Å². The van der Waals surface area contributed by atoms with Crippen molar-refractivity contribution in [1.82, 2.24) is 27.4 Å². The van der Waals surface area contributed by atoms with Gasteiger partial charge in [-0.3, -0.25) is 0 Å². The Kier molecular flexibility index (Phi) is 15.6. The van der Waals surface area contributed by atoms with Crippen molar-refractivity contribution in [2.45, 2.75) is 0 Å². The van der Waals surface area contributed by atoms with Crippen LogP contribution in [-0.2, 0) is 0 Å². The molecule has 0 unspecified atom stereocenters. The predicted octanol–water partition coefficient (Wildman–Crippen LogP) is 35.2. The lowest BCUT2D eigenvalue weighted by Crippen LogP contribution is -2.18. The molecule has 12 heterocycles. The highest BCUT2D eigenvalue weighted by Crippen LogP contribution is 2.58. The van der Waals surface area contributed by atoms with Crippen molar-refractivity contribution in [2.75, 3.05) is 14.7 Å². The van der Waals surface area contributed by atoms with Crippen LogP contribution in [0.1, 0.15) is 0 Å². The van der Waals surface area contributed by atoms with Gasteiger partial charge in [0.1, 0.15) is 22.3 Å². The second-order valence-electron chi connectivity index (χ2n) is 36.5. The van der Waals surface area contributed by atoms with Crippen LogP contribution in [0.3, 0.4) is 0 Å². The first-order valence-electron chi connectivity index (χ1n) is 47.1. The molecule has 0 amide bonds. The van der Waals surface area contributed by atoms with Gasteiger partial charge >= 0.3 is 0 Å². The van der Waals surface area contributed by atoms with Crippen molar-refractivity contribution in [2.24, 2.45) is 0 Å². The van der Waals surface area contributed by atoms with Crippen LogP contribution in [0, 0.1) is 0 Å². The molecule has 0 aliphatic carbocycles. The Bertz CT molecular complexity index is 10100. The fourth-order valence-corrected chi connectivity index (χ4v) is 25.0. The minimum Gasteiger partial charge on any atom is -0.456 e. The zero-order chi connectivity index (χ0) is 89.8. The predicted molar refractivity (Wildman–Crippen MR) is 578 cm³/mol. The summed E-state index contributed by atoms with van der Waals surface area (Å²) in [6.07, 6.45) is 0. The summed E-state index contributed by atoms with van der Waals surface area (Å²) in [5, 5.41) is 22.2. The zero-order valence-electron chi connectivity index (χ0n) is 74.1. The average molecular weight is 1780 g/mol. The maximum atomic E-state index is 6.59. The minimum absolute atomic E-state index is 0.918.